The Morgan fingerprint density at radius 1 is 0.891 bits per heavy atom. The molecular weight excluding hydrogens is 608 g/mol. The summed E-state index contributed by atoms with van der Waals surface area (Å²) in [6, 6.07) is 26.8. The molecule has 1 saturated heterocycles. The van der Waals surface area contributed by atoms with E-state index in [0.717, 1.165) is 4.90 Å². The van der Waals surface area contributed by atoms with E-state index < -0.39 is 27.9 Å². The minimum absolute atomic E-state index is 0.0256. The van der Waals surface area contributed by atoms with Crippen LogP contribution >= 0.6 is 11.8 Å². The molecular formula is C34H26N4O7S. The summed E-state index contributed by atoms with van der Waals surface area (Å²) < 4.78 is 0. The number of nitrogens with one attached hydrogen (secondary N) is 2. The number of carbonyl (C=O) groups is 5. The Hall–Kier alpha value is -5.88. The average Bonchev–Trinajstić information content (AvgIpc) is 3.33. The Kier molecular flexibility index (Phi) is 9.48. The lowest BCUT2D eigenvalue weighted by atomic mass is 10.1. The van der Waals surface area contributed by atoms with Crippen molar-refractivity contribution >= 4 is 64.3 Å². The molecule has 1 fully saturated rings. The third-order valence-corrected chi connectivity index (χ3v) is 8.13. The molecule has 5 rings (SSSR count). The first-order valence-electron chi connectivity index (χ1n) is 14.0. The van der Waals surface area contributed by atoms with Gasteiger partial charge in [0.1, 0.15) is 5.70 Å². The molecule has 4 aromatic rings. The minimum atomic E-state index is -0.700. The highest BCUT2D eigenvalue weighted by Gasteiger charge is 2.40. The number of amides is 4. The molecule has 1 atom stereocenters. The van der Waals surface area contributed by atoms with Crippen LogP contribution in [0.15, 0.2) is 114 Å². The van der Waals surface area contributed by atoms with Crippen molar-refractivity contribution in [3.8, 4) is 0 Å². The largest absolute Gasteiger partial charge is 0.321 e. The summed E-state index contributed by atoms with van der Waals surface area (Å²) >= 11 is 1.18. The molecule has 46 heavy (non-hydrogen) atoms. The van der Waals surface area contributed by atoms with Crippen LogP contribution in [0.2, 0.25) is 0 Å². The van der Waals surface area contributed by atoms with E-state index in [-0.39, 0.29) is 29.5 Å². The third kappa shape index (κ3) is 7.42. The van der Waals surface area contributed by atoms with Crippen molar-refractivity contribution < 1.29 is 28.9 Å². The molecule has 0 spiro atoms. The Bertz CT molecular complexity index is 1870. The number of hydrogen-bond donors (Lipinski definition) is 2. The second-order valence-corrected chi connectivity index (χ2v) is 11.5. The summed E-state index contributed by atoms with van der Waals surface area (Å²) in [6.07, 6.45) is 1.38. The molecule has 1 aliphatic heterocycles. The highest BCUT2D eigenvalue weighted by molar-refractivity contribution is 8.00. The monoisotopic (exact) mass is 634 g/mol. The zero-order valence-electron chi connectivity index (χ0n) is 24.3. The first-order valence-corrected chi connectivity index (χ1v) is 14.9. The Morgan fingerprint density at radius 3 is 2.24 bits per heavy atom. The van der Waals surface area contributed by atoms with Crippen molar-refractivity contribution in [3.63, 3.8) is 0 Å². The first-order chi connectivity index (χ1) is 22.1. The number of nitro benzene ring substituents is 1. The molecule has 2 N–H and O–H groups in total. The molecule has 0 unspecified atom stereocenters. The van der Waals surface area contributed by atoms with E-state index >= 15 is 0 Å². The highest BCUT2D eigenvalue weighted by atomic mass is 32.2. The standard InChI is InChI=1S/C34H26N4O7S/c1-21(39)23-12-16-26(17-13-23)37-31(40)20-30(34(37)43)46-28-9-5-8-25(19-28)35-33(42)29(36-32(41)24-6-3-2-4-7-24)18-22-10-14-27(15-11-22)38(44)45/h2-19,30H,20H2,1H3,(H,35,42)(H,36,41)/b29-18-/t30-/m0/s1. The van der Waals surface area contributed by atoms with Crippen molar-refractivity contribution in [3.05, 3.63) is 136 Å². The topological polar surface area (TPSA) is 156 Å². The number of carbonyl (C=O) groups excluding carboxylic acids is 5. The van der Waals surface area contributed by atoms with Crippen LogP contribution in [-0.2, 0) is 14.4 Å². The quantitative estimate of drug-likeness (QED) is 0.0748. The van der Waals surface area contributed by atoms with E-state index in [2.05, 4.69) is 10.6 Å². The summed E-state index contributed by atoms with van der Waals surface area (Å²) in [6.45, 7) is 1.43. The summed E-state index contributed by atoms with van der Waals surface area (Å²) in [4.78, 5) is 76.2. The Balaban J connectivity index is 1.32. The van der Waals surface area contributed by atoms with Crippen molar-refractivity contribution in [2.75, 3.05) is 10.2 Å². The second-order valence-electron chi connectivity index (χ2n) is 10.2. The van der Waals surface area contributed by atoms with E-state index in [0.29, 0.717) is 33.0 Å². The Morgan fingerprint density at radius 2 is 1.59 bits per heavy atom. The van der Waals surface area contributed by atoms with Gasteiger partial charge in [0.25, 0.3) is 17.5 Å². The van der Waals surface area contributed by atoms with E-state index in [1.807, 2.05) is 0 Å². The number of hydrogen-bond acceptors (Lipinski definition) is 8. The maximum Gasteiger partial charge on any atom is 0.272 e. The second kappa shape index (κ2) is 13.8. The number of nitrogens with zero attached hydrogens (tertiary/aromatic N) is 2. The van der Waals surface area contributed by atoms with Crippen LogP contribution in [-0.4, -0.2) is 39.6 Å². The lowest BCUT2D eigenvalue weighted by Gasteiger charge is -2.15. The molecule has 0 saturated carbocycles. The summed E-state index contributed by atoms with van der Waals surface area (Å²) in [5, 5.41) is 15.7. The normalized spacial score (nSPS) is 14.6. The zero-order valence-corrected chi connectivity index (χ0v) is 25.2. The molecule has 1 aliphatic rings. The fourth-order valence-electron chi connectivity index (χ4n) is 4.62. The van der Waals surface area contributed by atoms with Crippen LogP contribution in [0.4, 0.5) is 17.1 Å². The molecule has 11 nitrogen and oxygen atoms in total. The maximum atomic E-state index is 13.4. The fraction of sp³-hybridized carbons (Fsp3) is 0.0882. The van der Waals surface area contributed by atoms with Crippen LogP contribution in [0.1, 0.15) is 39.6 Å². The minimum Gasteiger partial charge on any atom is -0.321 e. The summed E-state index contributed by atoms with van der Waals surface area (Å²) in [7, 11) is 0. The van der Waals surface area contributed by atoms with Crippen molar-refractivity contribution in [1.82, 2.24) is 5.32 Å². The van der Waals surface area contributed by atoms with Crippen LogP contribution in [0.25, 0.3) is 6.08 Å². The Labute approximate surface area is 267 Å². The van der Waals surface area contributed by atoms with Gasteiger partial charge in [-0.2, -0.15) is 0 Å². The number of Topliss-reactive ketones (excluding diaryl/α,β-unsaturated/α-hetero) is 1. The SMILES string of the molecule is CC(=O)c1ccc(N2C(=O)C[C@H](Sc3cccc(NC(=O)/C(=C/c4ccc([N+](=O)[O-])cc4)NC(=O)c4ccccc4)c3)C2=O)cc1. The lowest BCUT2D eigenvalue weighted by molar-refractivity contribution is -0.384. The first kappa shape index (κ1) is 31.5. The van der Waals surface area contributed by atoms with Gasteiger partial charge in [0.05, 0.1) is 15.9 Å². The lowest BCUT2D eigenvalue weighted by Crippen LogP contribution is -2.31. The van der Waals surface area contributed by atoms with Gasteiger partial charge < -0.3 is 10.6 Å². The number of thioether (sulfide) groups is 1. The number of nitro groups is 1. The van der Waals surface area contributed by atoms with Gasteiger partial charge in [0.2, 0.25) is 11.8 Å². The predicted octanol–water partition coefficient (Wildman–Crippen LogP) is 5.63. The fourth-order valence-corrected chi connectivity index (χ4v) is 5.74. The van der Waals surface area contributed by atoms with Crippen LogP contribution in [0.3, 0.4) is 0 Å². The molecule has 0 aromatic heterocycles. The van der Waals surface area contributed by atoms with Gasteiger partial charge in [-0.1, -0.05) is 24.3 Å². The molecule has 4 aromatic carbocycles. The van der Waals surface area contributed by atoms with Gasteiger partial charge >= 0.3 is 0 Å². The van der Waals surface area contributed by atoms with Crippen molar-refractivity contribution in [2.24, 2.45) is 0 Å². The molecule has 0 aliphatic carbocycles. The molecule has 230 valence electrons. The smallest absolute Gasteiger partial charge is 0.272 e. The third-order valence-electron chi connectivity index (χ3n) is 6.95. The molecule has 0 bridgehead atoms. The van der Waals surface area contributed by atoms with Gasteiger partial charge in [0.15, 0.2) is 5.78 Å². The van der Waals surface area contributed by atoms with Gasteiger partial charge in [-0.3, -0.25) is 34.1 Å². The van der Waals surface area contributed by atoms with E-state index in [4.69, 9.17) is 0 Å². The number of non-ortho nitro benzene ring substituents is 1. The van der Waals surface area contributed by atoms with Crippen molar-refractivity contribution in [1.29, 1.82) is 0 Å². The number of benzene rings is 4. The molecule has 4 amide bonds. The van der Waals surface area contributed by atoms with E-state index in [1.54, 1.807) is 78.9 Å². The van der Waals surface area contributed by atoms with Crippen LogP contribution < -0.4 is 15.5 Å². The van der Waals surface area contributed by atoms with Crippen molar-refractivity contribution in [2.45, 2.75) is 23.5 Å². The maximum absolute atomic E-state index is 13.4. The summed E-state index contributed by atoms with van der Waals surface area (Å²) in [5.41, 5.74) is 1.76. The van der Waals surface area contributed by atoms with Gasteiger partial charge in [0, 0.05) is 40.3 Å². The van der Waals surface area contributed by atoms with Gasteiger partial charge in [-0.05, 0) is 85.3 Å². The molecule has 12 heteroatoms. The highest BCUT2D eigenvalue weighted by Crippen LogP contribution is 2.35. The number of ketones is 1. The zero-order chi connectivity index (χ0) is 32.8. The van der Waals surface area contributed by atoms with Crippen LogP contribution in [0.5, 0.6) is 0 Å². The van der Waals surface area contributed by atoms with E-state index in [9.17, 15) is 34.1 Å². The number of rotatable bonds is 10. The average molecular weight is 635 g/mol. The van der Waals surface area contributed by atoms with Crippen LogP contribution in [0, 0.1) is 10.1 Å². The van der Waals surface area contributed by atoms with E-state index in [1.165, 1.54) is 49.0 Å². The summed E-state index contributed by atoms with van der Waals surface area (Å²) in [5.74, 6) is -2.07. The molecule has 1 heterocycles. The van der Waals surface area contributed by atoms with Gasteiger partial charge in [-0.25, -0.2) is 4.90 Å². The van der Waals surface area contributed by atoms with Gasteiger partial charge in [-0.15, -0.1) is 11.8 Å². The predicted molar refractivity (Wildman–Crippen MR) is 173 cm³/mol. The number of anilines is 2. The molecule has 0 radical (unpaired) electrons. The number of imide groups is 1.